The van der Waals surface area contributed by atoms with Crippen molar-refractivity contribution in [3.63, 3.8) is 0 Å². The van der Waals surface area contributed by atoms with Gasteiger partial charge in [0.15, 0.2) is 0 Å². The number of amides is 1. The zero-order valence-electron chi connectivity index (χ0n) is 15.0. The predicted molar refractivity (Wildman–Crippen MR) is 108 cm³/mol. The van der Waals surface area contributed by atoms with E-state index in [0.717, 1.165) is 16.7 Å². The third-order valence-electron chi connectivity index (χ3n) is 4.97. The van der Waals surface area contributed by atoms with Crippen LogP contribution in [0.25, 0.3) is 11.0 Å². The number of nitrogens with one attached hydrogen (secondary N) is 3. The van der Waals surface area contributed by atoms with Crippen molar-refractivity contribution >= 4 is 34.4 Å². The Balaban J connectivity index is 1.48. The number of fused-ring (bicyclic) bond motifs is 1. The van der Waals surface area contributed by atoms with E-state index in [2.05, 4.69) is 20.3 Å². The molecule has 1 aromatic carbocycles. The Bertz CT molecular complexity index is 1000. The monoisotopic (exact) mass is 382 g/mol. The van der Waals surface area contributed by atoms with Gasteiger partial charge in [0.05, 0.1) is 16.6 Å². The SMILES string of the molecule is O=C(Nc1ccc2[nH]c(=O)[nH]c2c1)c1cccnc1SCC1CCCCC1. The van der Waals surface area contributed by atoms with Crippen molar-refractivity contribution in [1.82, 2.24) is 15.0 Å². The number of anilines is 1. The van der Waals surface area contributed by atoms with Crippen LogP contribution in [0.2, 0.25) is 0 Å². The molecule has 3 N–H and O–H groups in total. The first-order valence-corrected chi connectivity index (χ1v) is 10.3. The van der Waals surface area contributed by atoms with Gasteiger partial charge in [-0.1, -0.05) is 19.3 Å². The van der Waals surface area contributed by atoms with Crippen molar-refractivity contribution in [2.24, 2.45) is 5.92 Å². The van der Waals surface area contributed by atoms with E-state index in [4.69, 9.17) is 0 Å². The van der Waals surface area contributed by atoms with Gasteiger partial charge in [0.2, 0.25) is 0 Å². The fourth-order valence-electron chi connectivity index (χ4n) is 3.54. The molecule has 0 spiro atoms. The molecular formula is C20H22N4O2S. The maximum atomic E-state index is 12.8. The van der Waals surface area contributed by atoms with Crippen LogP contribution < -0.4 is 11.0 Å². The second-order valence-electron chi connectivity index (χ2n) is 6.96. The number of hydrogen-bond donors (Lipinski definition) is 3. The summed E-state index contributed by atoms with van der Waals surface area (Å²) in [6.45, 7) is 0. The molecule has 6 nitrogen and oxygen atoms in total. The summed E-state index contributed by atoms with van der Waals surface area (Å²) in [5.41, 5.74) is 2.33. The molecule has 1 aliphatic carbocycles. The van der Waals surface area contributed by atoms with Crippen molar-refractivity contribution in [1.29, 1.82) is 0 Å². The molecule has 0 radical (unpaired) electrons. The molecule has 7 heteroatoms. The third-order valence-corrected chi connectivity index (χ3v) is 6.21. The molecule has 27 heavy (non-hydrogen) atoms. The Morgan fingerprint density at radius 3 is 2.81 bits per heavy atom. The summed E-state index contributed by atoms with van der Waals surface area (Å²) in [7, 11) is 0. The number of nitrogens with zero attached hydrogens (tertiary/aromatic N) is 1. The first-order valence-electron chi connectivity index (χ1n) is 9.30. The Morgan fingerprint density at radius 2 is 1.96 bits per heavy atom. The first kappa shape index (κ1) is 17.9. The normalized spacial score (nSPS) is 15.1. The van der Waals surface area contributed by atoms with Crippen LogP contribution in [0.1, 0.15) is 42.5 Å². The summed E-state index contributed by atoms with van der Waals surface area (Å²) < 4.78 is 0. The summed E-state index contributed by atoms with van der Waals surface area (Å²) in [4.78, 5) is 34.0. The smallest absolute Gasteiger partial charge is 0.322 e. The van der Waals surface area contributed by atoms with Gasteiger partial charge in [0, 0.05) is 17.6 Å². The van der Waals surface area contributed by atoms with E-state index in [-0.39, 0.29) is 11.6 Å². The van der Waals surface area contributed by atoms with Crippen LogP contribution in [-0.2, 0) is 0 Å². The van der Waals surface area contributed by atoms with Gasteiger partial charge in [-0.2, -0.15) is 0 Å². The van der Waals surface area contributed by atoms with Crippen molar-refractivity contribution in [3.8, 4) is 0 Å². The van der Waals surface area contributed by atoms with Gasteiger partial charge in [-0.05, 0) is 49.1 Å². The van der Waals surface area contributed by atoms with Crippen molar-refractivity contribution in [2.45, 2.75) is 37.1 Å². The molecule has 1 fully saturated rings. The summed E-state index contributed by atoms with van der Waals surface area (Å²) >= 11 is 1.67. The highest BCUT2D eigenvalue weighted by molar-refractivity contribution is 7.99. The van der Waals surface area contributed by atoms with Crippen LogP contribution in [0.5, 0.6) is 0 Å². The molecule has 1 aliphatic rings. The summed E-state index contributed by atoms with van der Waals surface area (Å²) in [6.07, 6.45) is 8.24. The topological polar surface area (TPSA) is 90.6 Å². The molecule has 1 saturated carbocycles. The maximum absolute atomic E-state index is 12.8. The van der Waals surface area contributed by atoms with E-state index in [1.807, 2.05) is 6.07 Å². The lowest BCUT2D eigenvalue weighted by Crippen LogP contribution is -2.14. The molecule has 2 heterocycles. The lowest BCUT2D eigenvalue weighted by atomic mass is 9.91. The van der Waals surface area contributed by atoms with Gasteiger partial charge in [-0.3, -0.25) is 4.79 Å². The van der Waals surface area contributed by atoms with Crippen molar-refractivity contribution in [3.05, 3.63) is 52.6 Å². The van der Waals surface area contributed by atoms with Crippen LogP contribution in [0.4, 0.5) is 5.69 Å². The van der Waals surface area contributed by atoms with Gasteiger partial charge in [0.25, 0.3) is 5.91 Å². The molecule has 4 rings (SSSR count). The average molecular weight is 382 g/mol. The predicted octanol–water partition coefficient (Wildman–Crippen LogP) is 4.18. The molecular weight excluding hydrogens is 360 g/mol. The molecule has 0 aliphatic heterocycles. The Hall–Kier alpha value is -2.54. The molecule has 1 amide bonds. The van der Waals surface area contributed by atoms with Crippen LogP contribution in [0, 0.1) is 5.92 Å². The number of rotatable bonds is 5. The minimum Gasteiger partial charge on any atom is -0.322 e. The summed E-state index contributed by atoms with van der Waals surface area (Å²) in [5.74, 6) is 1.54. The molecule has 2 aromatic heterocycles. The van der Waals surface area contributed by atoms with Gasteiger partial charge < -0.3 is 15.3 Å². The minimum atomic E-state index is -0.262. The Labute approximate surface area is 161 Å². The van der Waals surface area contributed by atoms with Crippen molar-refractivity contribution < 1.29 is 4.79 Å². The number of benzene rings is 1. The molecule has 3 aromatic rings. The molecule has 0 atom stereocenters. The second-order valence-corrected chi connectivity index (χ2v) is 7.97. The highest BCUT2D eigenvalue weighted by atomic mass is 32.2. The Morgan fingerprint density at radius 1 is 1.15 bits per heavy atom. The summed E-state index contributed by atoms with van der Waals surface area (Å²) in [5, 5.41) is 3.68. The van der Waals surface area contributed by atoms with Gasteiger partial charge in [-0.25, -0.2) is 9.78 Å². The largest absolute Gasteiger partial charge is 0.323 e. The summed E-state index contributed by atoms with van der Waals surface area (Å²) in [6, 6.07) is 8.88. The molecule has 0 unspecified atom stereocenters. The van der Waals surface area contributed by atoms with E-state index in [9.17, 15) is 9.59 Å². The molecule has 0 bridgehead atoms. The van der Waals surface area contributed by atoms with Gasteiger partial charge in [-0.15, -0.1) is 11.8 Å². The number of thioether (sulfide) groups is 1. The van der Waals surface area contributed by atoms with E-state index < -0.39 is 0 Å². The highest BCUT2D eigenvalue weighted by Crippen LogP contribution is 2.30. The number of hydrogen-bond acceptors (Lipinski definition) is 4. The fraction of sp³-hybridized carbons (Fsp3) is 0.350. The number of imidazole rings is 1. The zero-order valence-corrected chi connectivity index (χ0v) is 15.8. The lowest BCUT2D eigenvalue weighted by molar-refractivity contribution is 0.102. The van der Waals surface area contributed by atoms with Crippen LogP contribution in [0.3, 0.4) is 0 Å². The molecule has 140 valence electrons. The average Bonchev–Trinajstić information content (AvgIpc) is 3.06. The van der Waals surface area contributed by atoms with Gasteiger partial charge >= 0.3 is 5.69 Å². The number of aromatic nitrogens is 3. The lowest BCUT2D eigenvalue weighted by Gasteiger charge is -2.21. The number of carbonyl (C=O) groups is 1. The number of carbonyl (C=O) groups excluding carboxylic acids is 1. The maximum Gasteiger partial charge on any atom is 0.323 e. The number of aromatic amines is 2. The van der Waals surface area contributed by atoms with Crippen LogP contribution >= 0.6 is 11.8 Å². The minimum absolute atomic E-state index is 0.188. The number of H-pyrrole nitrogens is 2. The standard InChI is InChI=1S/C20H22N4O2S/c25-18(22-14-8-9-16-17(11-14)24-20(26)23-16)15-7-4-10-21-19(15)27-12-13-5-2-1-3-6-13/h4,7-11,13H,1-3,5-6,12H2,(H,22,25)(H2,23,24,26). The van der Waals surface area contributed by atoms with Gasteiger partial charge in [0.1, 0.15) is 5.03 Å². The van der Waals surface area contributed by atoms with E-state index in [0.29, 0.717) is 22.3 Å². The van der Waals surface area contributed by atoms with E-state index in [1.165, 1.54) is 32.1 Å². The first-order chi connectivity index (χ1) is 13.2. The van der Waals surface area contributed by atoms with E-state index in [1.54, 1.807) is 42.2 Å². The fourth-order valence-corrected chi connectivity index (χ4v) is 4.72. The Kier molecular flexibility index (Phi) is 5.29. The zero-order chi connectivity index (χ0) is 18.6. The number of pyridine rings is 1. The second kappa shape index (κ2) is 8.00. The highest BCUT2D eigenvalue weighted by Gasteiger charge is 2.17. The molecule has 0 saturated heterocycles. The quantitative estimate of drug-likeness (QED) is 0.578. The van der Waals surface area contributed by atoms with Crippen LogP contribution in [-0.4, -0.2) is 26.6 Å². The third kappa shape index (κ3) is 4.24. The van der Waals surface area contributed by atoms with E-state index >= 15 is 0 Å². The van der Waals surface area contributed by atoms with Crippen LogP contribution in [0.15, 0.2) is 46.3 Å². The van der Waals surface area contributed by atoms with Crippen molar-refractivity contribution in [2.75, 3.05) is 11.1 Å².